The lowest BCUT2D eigenvalue weighted by Crippen LogP contribution is -2.34. The first kappa shape index (κ1) is 20.2. The number of carbonyl (C=O) groups excluding carboxylic acids is 3. The normalized spacial score (nSPS) is 16.3. The molecule has 4 rings (SSSR count). The number of para-hydroxylation sites is 1. The summed E-state index contributed by atoms with van der Waals surface area (Å²) in [4.78, 5) is 36.8. The summed E-state index contributed by atoms with van der Waals surface area (Å²) in [6.07, 6.45) is 5.81. The number of benzene rings is 2. The summed E-state index contributed by atoms with van der Waals surface area (Å²) >= 11 is 0. The van der Waals surface area contributed by atoms with Crippen molar-refractivity contribution in [2.45, 2.75) is 13.8 Å². The van der Waals surface area contributed by atoms with Crippen LogP contribution in [0.5, 0.6) is 0 Å². The van der Waals surface area contributed by atoms with Crippen LogP contribution >= 0.6 is 0 Å². The highest BCUT2D eigenvalue weighted by Crippen LogP contribution is 2.28. The Morgan fingerprint density at radius 2 is 1.74 bits per heavy atom. The van der Waals surface area contributed by atoms with Crippen molar-refractivity contribution in [3.8, 4) is 16.9 Å². The Labute approximate surface area is 179 Å². The van der Waals surface area contributed by atoms with Crippen LogP contribution in [-0.2, 0) is 19.1 Å². The maximum absolute atomic E-state index is 12.6. The van der Waals surface area contributed by atoms with Gasteiger partial charge in [0, 0.05) is 23.4 Å². The van der Waals surface area contributed by atoms with Gasteiger partial charge in [0.1, 0.15) is 11.5 Å². The molecule has 0 aliphatic carbocycles. The zero-order valence-electron chi connectivity index (χ0n) is 17.1. The van der Waals surface area contributed by atoms with E-state index < -0.39 is 23.5 Å². The number of carbonyl (C=O) groups is 3. The number of esters is 1. The van der Waals surface area contributed by atoms with Gasteiger partial charge in [-0.2, -0.15) is 5.10 Å². The standard InChI is InChI=1S/C25H20N2O4/c1-16-8-6-7-11-20(16)24-18(15-27(26-24)19-9-4-3-5-10-19)12-13-21(28)23-22(29)14-17(2)31-25(23)30/h3-15,23H,1-2H3/b13-12+. The molecular weight excluding hydrogens is 392 g/mol. The van der Waals surface area contributed by atoms with Crippen molar-refractivity contribution >= 4 is 23.6 Å². The maximum atomic E-state index is 12.6. The number of aromatic nitrogens is 2. The van der Waals surface area contributed by atoms with Gasteiger partial charge in [-0.05, 0) is 43.7 Å². The van der Waals surface area contributed by atoms with Crippen molar-refractivity contribution in [1.29, 1.82) is 0 Å². The molecule has 1 atom stereocenters. The number of aryl methyl sites for hydroxylation is 1. The summed E-state index contributed by atoms with van der Waals surface area (Å²) in [6.45, 7) is 3.49. The molecule has 154 valence electrons. The Hall–Kier alpha value is -4.06. The number of rotatable bonds is 5. The van der Waals surface area contributed by atoms with Crippen molar-refractivity contribution in [1.82, 2.24) is 9.78 Å². The molecule has 0 bridgehead atoms. The van der Waals surface area contributed by atoms with Crippen LogP contribution in [0.2, 0.25) is 0 Å². The van der Waals surface area contributed by atoms with Crippen molar-refractivity contribution in [3.05, 3.63) is 89.8 Å². The number of allylic oxidation sites excluding steroid dienone is 3. The Balaban J connectivity index is 1.73. The summed E-state index contributed by atoms with van der Waals surface area (Å²) in [5.41, 5.74) is 4.22. The number of ether oxygens (including phenoxy) is 1. The van der Waals surface area contributed by atoms with Gasteiger partial charge in [0.2, 0.25) is 0 Å². The van der Waals surface area contributed by atoms with Crippen LogP contribution in [0.1, 0.15) is 18.1 Å². The van der Waals surface area contributed by atoms with Crippen molar-refractivity contribution in [2.24, 2.45) is 5.92 Å². The van der Waals surface area contributed by atoms with Crippen LogP contribution in [0.4, 0.5) is 0 Å². The van der Waals surface area contributed by atoms with Crippen LogP contribution in [0, 0.1) is 12.8 Å². The van der Waals surface area contributed by atoms with E-state index in [1.54, 1.807) is 10.8 Å². The summed E-state index contributed by atoms with van der Waals surface area (Å²) in [5.74, 6) is -3.32. The molecule has 0 N–H and O–H groups in total. The fraction of sp³-hybridized carbons (Fsp3) is 0.120. The highest BCUT2D eigenvalue weighted by atomic mass is 16.5. The highest BCUT2D eigenvalue weighted by Gasteiger charge is 2.36. The van der Waals surface area contributed by atoms with Gasteiger partial charge in [0.05, 0.1) is 5.69 Å². The second-order valence-corrected chi connectivity index (χ2v) is 7.28. The molecule has 0 radical (unpaired) electrons. The molecule has 3 aromatic rings. The van der Waals surface area contributed by atoms with E-state index in [1.165, 1.54) is 19.1 Å². The molecule has 0 saturated carbocycles. The molecule has 2 aromatic carbocycles. The topological polar surface area (TPSA) is 78.3 Å². The van der Waals surface area contributed by atoms with E-state index in [1.807, 2.05) is 67.7 Å². The van der Waals surface area contributed by atoms with Gasteiger partial charge in [-0.3, -0.25) is 14.4 Å². The summed E-state index contributed by atoms with van der Waals surface area (Å²) < 4.78 is 6.68. The summed E-state index contributed by atoms with van der Waals surface area (Å²) in [6, 6.07) is 17.4. The van der Waals surface area contributed by atoms with Crippen LogP contribution in [0.15, 0.2) is 78.7 Å². The Morgan fingerprint density at radius 1 is 1.03 bits per heavy atom. The van der Waals surface area contributed by atoms with Crippen LogP contribution in [0.3, 0.4) is 0 Å². The smallest absolute Gasteiger partial charge is 0.329 e. The molecule has 31 heavy (non-hydrogen) atoms. The zero-order valence-corrected chi connectivity index (χ0v) is 17.1. The van der Waals surface area contributed by atoms with Crippen molar-refractivity contribution < 1.29 is 19.1 Å². The third-order valence-electron chi connectivity index (χ3n) is 5.00. The first-order valence-electron chi connectivity index (χ1n) is 9.81. The number of ketones is 2. The molecule has 1 unspecified atom stereocenters. The van der Waals surface area contributed by atoms with E-state index in [-0.39, 0.29) is 5.76 Å². The Morgan fingerprint density at radius 3 is 2.45 bits per heavy atom. The lowest BCUT2D eigenvalue weighted by molar-refractivity contribution is -0.151. The van der Waals surface area contributed by atoms with Crippen molar-refractivity contribution in [2.75, 3.05) is 0 Å². The SMILES string of the molecule is CC1=CC(=O)C(C(=O)/C=C/c2cn(-c3ccccc3)nc2-c2ccccc2C)C(=O)O1. The van der Waals surface area contributed by atoms with Gasteiger partial charge in [0.25, 0.3) is 0 Å². The van der Waals surface area contributed by atoms with E-state index in [9.17, 15) is 14.4 Å². The first-order chi connectivity index (χ1) is 14.9. The molecule has 1 aliphatic rings. The van der Waals surface area contributed by atoms with Crippen LogP contribution < -0.4 is 0 Å². The molecule has 0 fully saturated rings. The predicted octanol–water partition coefficient (Wildman–Crippen LogP) is 4.08. The third kappa shape index (κ3) is 4.14. The lowest BCUT2D eigenvalue weighted by atomic mass is 9.95. The minimum absolute atomic E-state index is 0.189. The lowest BCUT2D eigenvalue weighted by Gasteiger charge is -2.15. The molecular formula is C25H20N2O4. The molecule has 6 nitrogen and oxygen atoms in total. The minimum Gasteiger partial charge on any atom is -0.430 e. The molecule has 0 amide bonds. The average Bonchev–Trinajstić information content (AvgIpc) is 3.16. The largest absolute Gasteiger partial charge is 0.430 e. The molecule has 6 heteroatoms. The van der Waals surface area contributed by atoms with E-state index in [2.05, 4.69) is 0 Å². The van der Waals surface area contributed by atoms with E-state index in [0.717, 1.165) is 16.8 Å². The second kappa shape index (κ2) is 8.36. The van der Waals surface area contributed by atoms with Crippen LogP contribution in [0.25, 0.3) is 23.0 Å². The number of hydrogen-bond donors (Lipinski definition) is 0. The fourth-order valence-corrected chi connectivity index (χ4v) is 3.44. The van der Waals surface area contributed by atoms with E-state index >= 15 is 0 Å². The van der Waals surface area contributed by atoms with Gasteiger partial charge in [-0.15, -0.1) is 0 Å². The van der Waals surface area contributed by atoms with E-state index in [0.29, 0.717) is 11.3 Å². The Kier molecular flexibility index (Phi) is 5.45. The van der Waals surface area contributed by atoms with Crippen molar-refractivity contribution in [3.63, 3.8) is 0 Å². The maximum Gasteiger partial charge on any atom is 0.329 e. The first-order valence-corrected chi connectivity index (χ1v) is 9.81. The highest BCUT2D eigenvalue weighted by molar-refractivity contribution is 6.25. The zero-order chi connectivity index (χ0) is 22.0. The predicted molar refractivity (Wildman–Crippen MR) is 116 cm³/mol. The third-order valence-corrected chi connectivity index (χ3v) is 5.00. The second-order valence-electron chi connectivity index (χ2n) is 7.28. The summed E-state index contributed by atoms with van der Waals surface area (Å²) in [5, 5.41) is 4.73. The van der Waals surface area contributed by atoms with Gasteiger partial charge >= 0.3 is 5.97 Å². The van der Waals surface area contributed by atoms with Gasteiger partial charge in [0.15, 0.2) is 17.5 Å². The monoisotopic (exact) mass is 412 g/mol. The number of hydrogen-bond acceptors (Lipinski definition) is 5. The number of nitrogens with zero attached hydrogens (tertiary/aromatic N) is 2. The Bertz CT molecular complexity index is 1240. The molecule has 1 aliphatic heterocycles. The molecule has 0 saturated heterocycles. The van der Waals surface area contributed by atoms with Gasteiger partial charge in [-0.1, -0.05) is 42.5 Å². The van der Waals surface area contributed by atoms with Crippen LogP contribution in [-0.4, -0.2) is 27.3 Å². The van der Waals surface area contributed by atoms with E-state index in [4.69, 9.17) is 9.84 Å². The molecule has 2 heterocycles. The minimum atomic E-state index is -1.47. The van der Waals surface area contributed by atoms with Gasteiger partial charge < -0.3 is 4.74 Å². The fourth-order valence-electron chi connectivity index (χ4n) is 3.44. The van der Waals surface area contributed by atoms with Gasteiger partial charge in [-0.25, -0.2) is 4.68 Å². The average molecular weight is 412 g/mol. The summed E-state index contributed by atoms with van der Waals surface area (Å²) in [7, 11) is 0. The number of cyclic esters (lactones) is 1. The molecule has 0 spiro atoms. The molecule has 1 aromatic heterocycles. The quantitative estimate of drug-likeness (QED) is 0.359.